The predicted octanol–water partition coefficient (Wildman–Crippen LogP) is 3.62. The van der Waals surface area contributed by atoms with Gasteiger partial charge in [-0.05, 0) is 6.42 Å². The van der Waals surface area contributed by atoms with Crippen LogP contribution >= 0.6 is 0 Å². The second-order valence-corrected chi connectivity index (χ2v) is 5.04. The van der Waals surface area contributed by atoms with E-state index in [-0.39, 0.29) is 0 Å². The zero-order valence-electron chi connectivity index (χ0n) is 12.8. The van der Waals surface area contributed by atoms with E-state index >= 15 is 0 Å². The fourth-order valence-electron chi connectivity index (χ4n) is 2.18. The van der Waals surface area contributed by atoms with E-state index in [0.717, 1.165) is 13.0 Å². The third-order valence-electron chi connectivity index (χ3n) is 3.36. The summed E-state index contributed by atoms with van der Waals surface area (Å²) in [6.07, 6.45) is 11.9. The van der Waals surface area contributed by atoms with E-state index in [0.29, 0.717) is 17.4 Å². The van der Waals surface area contributed by atoms with Gasteiger partial charge in [-0.1, -0.05) is 51.9 Å². The number of nitrogens with zero attached hydrogens (tertiary/aromatic N) is 2. The van der Waals surface area contributed by atoms with E-state index in [4.69, 9.17) is 10.5 Å². The molecule has 0 saturated carbocycles. The third kappa shape index (κ3) is 6.08. The van der Waals surface area contributed by atoms with Crippen molar-refractivity contribution >= 4 is 11.6 Å². The van der Waals surface area contributed by atoms with Gasteiger partial charge in [0.2, 0.25) is 5.75 Å². The molecule has 0 unspecified atom stereocenters. The lowest BCUT2D eigenvalue weighted by atomic mass is 10.1. The van der Waals surface area contributed by atoms with E-state index in [1.165, 1.54) is 51.3 Å². The van der Waals surface area contributed by atoms with E-state index in [1.807, 2.05) is 0 Å². The van der Waals surface area contributed by atoms with Crippen molar-refractivity contribution in [3.05, 3.63) is 6.33 Å². The molecule has 0 bridgehead atoms. The van der Waals surface area contributed by atoms with Gasteiger partial charge in [0.15, 0.2) is 11.6 Å². The maximum Gasteiger partial charge on any atom is 0.203 e. The fraction of sp³-hybridized carbons (Fsp3) is 0.733. The Labute approximate surface area is 122 Å². The van der Waals surface area contributed by atoms with Gasteiger partial charge in [0.05, 0.1) is 7.11 Å². The molecule has 0 aliphatic carbocycles. The first kappa shape index (κ1) is 16.5. The Hall–Kier alpha value is -1.52. The van der Waals surface area contributed by atoms with Crippen LogP contribution in [-0.2, 0) is 0 Å². The Bertz CT molecular complexity index is 371. The topological polar surface area (TPSA) is 73.1 Å². The van der Waals surface area contributed by atoms with Crippen molar-refractivity contribution in [2.24, 2.45) is 0 Å². The van der Waals surface area contributed by atoms with Gasteiger partial charge in [-0.3, -0.25) is 0 Å². The van der Waals surface area contributed by atoms with E-state index in [9.17, 15) is 0 Å². The summed E-state index contributed by atoms with van der Waals surface area (Å²) < 4.78 is 5.20. The fourth-order valence-corrected chi connectivity index (χ4v) is 2.18. The molecule has 0 amide bonds. The average Bonchev–Trinajstić information content (AvgIpc) is 2.45. The summed E-state index contributed by atoms with van der Waals surface area (Å²) in [5, 5.41) is 3.26. The normalized spacial score (nSPS) is 10.5. The first-order chi connectivity index (χ1) is 9.79. The Kier molecular flexibility index (Phi) is 8.51. The molecule has 0 aliphatic rings. The number of aromatic nitrogens is 2. The zero-order chi connectivity index (χ0) is 14.6. The maximum atomic E-state index is 5.73. The van der Waals surface area contributed by atoms with Crippen molar-refractivity contribution in [1.29, 1.82) is 0 Å². The zero-order valence-corrected chi connectivity index (χ0v) is 12.8. The first-order valence-electron chi connectivity index (χ1n) is 7.68. The van der Waals surface area contributed by atoms with Gasteiger partial charge in [-0.15, -0.1) is 0 Å². The highest BCUT2D eigenvalue weighted by Crippen LogP contribution is 2.26. The molecule has 1 rings (SSSR count). The van der Waals surface area contributed by atoms with E-state index in [2.05, 4.69) is 22.2 Å². The molecule has 1 aromatic rings. The van der Waals surface area contributed by atoms with Gasteiger partial charge >= 0.3 is 0 Å². The second-order valence-electron chi connectivity index (χ2n) is 5.04. The Morgan fingerprint density at radius 2 is 1.70 bits per heavy atom. The lowest BCUT2D eigenvalue weighted by Crippen LogP contribution is -2.07. The summed E-state index contributed by atoms with van der Waals surface area (Å²) >= 11 is 0. The van der Waals surface area contributed by atoms with Crippen LogP contribution in [0.2, 0.25) is 0 Å². The molecule has 5 nitrogen and oxygen atoms in total. The standard InChI is InChI=1S/C15H28N4O/c1-3-4-5-6-7-8-9-10-11-17-15-13(20-2)14(16)18-12-19-15/h12H,3-11H2,1-2H3,(H3,16,17,18,19). The molecule has 0 spiro atoms. The van der Waals surface area contributed by atoms with Crippen LogP contribution in [0, 0.1) is 0 Å². The third-order valence-corrected chi connectivity index (χ3v) is 3.36. The molecule has 0 fully saturated rings. The summed E-state index contributed by atoms with van der Waals surface area (Å²) in [7, 11) is 1.58. The Morgan fingerprint density at radius 1 is 1.05 bits per heavy atom. The van der Waals surface area contributed by atoms with Crippen LogP contribution in [0.5, 0.6) is 5.75 Å². The number of hydrogen-bond donors (Lipinski definition) is 2. The number of anilines is 2. The van der Waals surface area contributed by atoms with Crippen LogP contribution < -0.4 is 15.8 Å². The van der Waals surface area contributed by atoms with Crippen molar-refractivity contribution in [1.82, 2.24) is 9.97 Å². The summed E-state index contributed by atoms with van der Waals surface area (Å²) in [6, 6.07) is 0. The minimum Gasteiger partial charge on any atom is -0.490 e. The minimum atomic E-state index is 0.376. The Morgan fingerprint density at radius 3 is 2.35 bits per heavy atom. The van der Waals surface area contributed by atoms with Crippen LogP contribution in [0.1, 0.15) is 58.3 Å². The molecular weight excluding hydrogens is 252 g/mol. The van der Waals surface area contributed by atoms with Gasteiger partial charge in [-0.2, -0.15) is 0 Å². The lowest BCUT2D eigenvalue weighted by Gasteiger charge is -2.10. The average molecular weight is 280 g/mol. The second kappa shape index (κ2) is 10.3. The molecule has 0 aromatic carbocycles. The minimum absolute atomic E-state index is 0.376. The van der Waals surface area contributed by atoms with E-state index in [1.54, 1.807) is 7.11 Å². The maximum absolute atomic E-state index is 5.73. The highest BCUT2D eigenvalue weighted by molar-refractivity contribution is 5.61. The largest absolute Gasteiger partial charge is 0.490 e. The van der Waals surface area contributed by atoms with Crippen LogP contribution in [-0.4, -0.2) is 23.6 Å². The molecule has 0 atom stereocenters. The number of rotatable bonds is 11. The van der Waals surface area contributed by atoms with Gasteiger partial charge in [-0.25, -0.2) is 9.97 Å². The number of ether oxygens (including phenoxy) is 1. The summed E-state index contributed by atoms with van der Waals surface area (Å²) in [6.45, 7) is 3.14. The summed E-state index contributed by atoms with van der Waals surface area (Å²) in [5.41, 5.74) is 5.73. The number of methoxy groups -OCH3 is 1. The molecule has 20 heavy (non-hydrogen) atoms. The smallest absolute Gasteiger partial charge is 0.203 e. The summed E-state index contributed by atoms with van der Waals surface area (Å²) in [5.74, 6) is 1.59. The van der Waals surface area contributed by atoms with Gasteiger partial charge < -0.3 is 15.8 Å². The van der Waals surface area contributed by atoms with Crippen molar-refractivity contribution in [2.45, 2.75) is 58.3 Å². The Balaban J connectivity index is 2.11. The lowest BCUT2D eigenvalue weighted by molar-refractivity contribution is 0.415. The van der Waals surface area contributed by atoms with Crippen LogP contribution in [0.15, 0.2) is 6.33 Å². The molecule has 0 aliphatic heterocycles. The highest BCUT2D eigenvalue weighted by atomic mass is 16.5. The molecule has 1 aromatic heterocycles. The van der Waals surface area contributed by atoms with Gasteiger partial charge in [0.25, 0.3) is 0 Å². The number of nitrogens with one attached hydrogen (secondary N) is 1. The molecule has 1 heterocycles. The summed E-state index contributed by atoms with van der Waals surface area (Å²) in [4.78, 5) is 8.06. The van der Waals surface area contributed by atoms with Crippen LogP contribution in [0.25, 0.3) is 0 Å². The molecular formula is C15H28N4O. The number of nitrogens with two attached hydrogens (primary N) is 1. The quantitative estimate of drug-likeness (QED) is 0.606. The number of nitrogen functional groups attached to an aromatic ring is 1. The van der Waals surface area contributed by atoms with Gasteiger partial charge in [0.1, 0.15) is 6.33 Å². The van der Waals surface area contributed by atoms with Crippen molar-refractivity contribution < 1.29 is 4.74 Å². The SMILES string of the molecule is CCCCCCCCCCNc1ncnc(N)c1OC. The highest BCUT2D eigenvalue weighted by Gasteiger charge is 2.08. The molecule has 3 N–H and O–H groups in total. The van der Waals surface area contributed by atoms with Crippen molar-refractivity contribution in [3.8, 4) is 5.75 Å². The molecule has 0 saturated heterocycles. The molecule has 114 valence electrons. The van der Waals surface area contributed by atoms with Gasteiger partial charge in [0, 0.05) is 6.54 Å². The van der Waals surface area contributed by atoms with Crippen LogP contribution in [0.4, 0.5) is 11.6 Å². The first-order valence-corrected chi connectivity index (χ1v) is 7.68. The number of unbranched alkanes of at least 4 members (excludes halogenated alkanes) is 7. The predicted molar refractivity (Wildman–Crippen MR) is 84.1 cm³/mol. The number of hydrogen-bond acceptors (Lipinski definition) is 5. The molecule has 0 radical (unpaired) electrons. The van der Waals surface area contributed by atoms with Crippen LogP contribution in [0.3, 0.4) is 0 Å². The van der Waals surface area contributed by atoms with Crippen molar-refractivity contribution in [2.75, 3.05) is 24.7 Å². The molecule has 5 heteroatoms. The van der Waals surface area contributed by atoms with Crippen molar-refractivity contribution in [3.63, 3.8) is 0 Å². The van der Waals surface area contributed by atoms with E-state index < -0.39 is 0 Å². The monoisotopic (exact) mass is 280 g/mol.